The molecular formula is C9H11O2Si. The van der Waals surface area contributed by atoms with Crippen LogP contribution in [0, 0.1) is 0 Å². The van der Waals surface area contributed by atoms with Crippen LogP contribution in [0.4, 0.5) is 0 Å². The Balaban J connectivity index is 2.93. The van der Waals surface area contributed by atoms with Crippen LogP contribution in [0.15, 0.2) is 24.3 Å². The molecule has 0 bridgehead atoms. The average Bonchev–Trinajstić information content (AvgIpc) is 2.04. The molecule has 0 saturated heterocycles. The van der Waals surface area contributed by atoms with Crippen LogP contribution in [-0.2, 0) is 0 Å². The summed E-state index contributed by atoms with van der Waals surface area (Å²) in [5, 5.41) is 9.89. The number of hydrogen-bond donors (Lipinski definition) is 1. The van der Waals surface area contributed by atoms with Gasteiger partial charge in [-0.15, -0.1) is 0 Å². The van der Waals surface area contributed by atoms with E-state index in [4.69, 9.17) is 5.11 Å². The Labute approximate surface area is 73.5 Å². The molecule has 3 heteroatoms. The predicted octanol–water partition coefficient (Wildman–Crippen LogP) is 1.35. The van der Waals surface area contributed by atoms with Gasteiger partial charge in [0.1, 0.15) is 0 Å². The summed E-state index contributed by atoms with van der Waals surface area (Å²) in [4.78, 5) is 10.5. The maximum absolute atomic E-state index is 10.5. The van der Waals surface area contributed by atoms with Crippen molar-refractivity contribution in [2.75, 3.05) is 0 Å². The fourth-order valence-electron chi connectivity index (χ4n) is 0.946. The van der Waals surface area contributed by atoms with E-state index in [2.05, 4.69) is 13.1 Å². The van der Waals surface area contributed by atoms with Crippen LogP contribution >= 0.6 is 0 Å². The van der Waals surface area contributed by atoms with Crippen LogP contribution in [0.25, 0.3) is 0 Å². The Bertz CT molecular complexity index is 277. The lowest BCUT2D eigenvalue weighted by molar-refractivity contribution is 0.0697. The van der Waals surface area contributed by atoms with Crippen LogP contribution in [0.5, 0.6) is 0 Å². The first-order chi connectivity index (χ1) is 5.61. The molecule has 0 aromatic heterocycles. The molecule has 0 fully saturated rings. The molecule has 1 aromatic carbocycles. The minimum absolute atomic E-state index is 0.363. The Morgan fingerprint density at radius 2 is 1.75 bits per heavy atom. The van der Waals surface area contributed by atoms with Crippen molar-refractivity contribution in [3.63, 3.8) is 0 Å². The molecule has 0 aliphatic carbocycles. The number of hydrogen-bond acceptors (Lipinski definition) is 1. The molecule has 0 spiro atoms. The highest BCUT2D eigenvalue weighted by Crippen LogP contribution is 1.97. The molecule has 63 valence electrons. The number of carboxylic acids is 1. The highest BCUT2D eigenvalue weighted by Gasteiger charge is 2.03. The first-order valence-electron chi connectivity index (χ1n) is 3.75. The highest BCUT2D eigenvalue weighted by atomic mass is 28.3. The van der Waals surface area contributed by atoms with Gasteiger partial charge in [-0.1, -0.05) is 30.4 Å². The third-order valence-electron chi connectivity index (χ3n) is 1.71. The molecule has 12 heavy (non-hydrogen) atoms. The minimum atomic E-state index is -0.859. The van der Waals surface area contributed by atoms with E-state index in [-0.39, 0.29) is 0 Å². The fourth-order valence-corrected chi connectivity index (χ4v) is 1.78. The molecule has 0 atom stereocenters. The molecule has 1 radical (unpaired) electrons. The van der Waals surface area contributed by atoms with Crippen molar-refractivity contribution in [1.82, 2.24) is 0 Å². The van der Waals surface area contributed by atoms with Crippen molar-refractivity contribution >= 4 is 20.0 Å². The van der Waals surface area contributed by atoms with Gasteiger partial charge in [-0.05, 0) is 12.1 Å². The van der Waals surface area contributed by atoms with Crippen LogP contribution < -0.4 is 5.19 Å². The van der Waals surface area contributed by atoms with E-state index in [1.807, 2.05) is 12.1 Å². The standard InChI is InChI=1S/C9H11O2Si/c1-12(2)8-5-3-7(4-6-8)9(10)11/h3-6H,1-2H3,(H,10,11). The van der Waals surface area contributed by atoms with Crippen LogP contribution in [0.2, 0.25) is 13.1 Å². The van der Waals surface area contributed by atoms with Gasteiger partial charge in [-0.25, -0.2) is 4.79 Å². The van der Waals surface area contributed by atoms with E-state index < -0.39 is 14.8 Å². The molecule has 0 heterocycles. The molecule has 1 N–H and O–H groups in total. The average molecular weight is 179 g/mol. The molecule has 0 amide bonds. The van der Waals surface area contributed by atoms with Crippen molar-refractivity contribution < 1.29 is 9.90 Å². The molecule has 0 saturated carbocycles. The fraction of sp³-hybridized carbons (Fsp3) is 0.222. The zero-order valence-corrected chi connectivity index (χ0v) is 8.16. The van der Waals surface area contributed by atoms with E-state index in [0.29, 0.717) is 5.56 Å². The quantitative estimate of drug-likeness (QED) is 0.696. The summed E-state index contributed by atoms with van der Waals surface area (Å²) in [7, 11) is -0.447. The lowest BCUT2D eigenvalue weighted by Crippen LogP contribution is -2.22. The van der Waals surface area contributed by atoms with E-state index in [1.54, 1.807) is 12.1 Å². The first-order valence-corrected chi connectivity index (χ1v) is 6.25. The van der Waals surface area contributed by atoms with E-state index in [1.165, 1.54) is 5.19 Å². The van der Waals surface area contributed by atoms with Gasteiger partial charge in [0.05, 0.1) is 14.4 Å². The molecule has 1 aromatic rings. The molecule has 2 nitrogen and oxygen atoms in total. The first kappa shape index (κ1) is 9.00. The zero-order valence-electron chi connectivity index (χ0n) is 7.16. The monoisotopic (exact) mass is 179 g/mol. The minimum Gasteiger partial charge on any atom is -0.478 e. The van der Waals surface area contributed by atoms with Gasteiger partial charge < -0.3 is 5.11 Å². The second-order valence-corrected chi connectivity index (χ2v) is 5.46. The van der Waals surface area contributed by atoms with Gasteiger partial charge in [-0.2, -0.15) is 0 Å². The largest absolute Gasteiger partial charge is 0.478 e. The van der Waals surface area contributed by atoms with Gasteiger partial charge in [0, 0.05) is 0 Å². The normalized spacial score (nSPS) is 10.2. The van der Waals surface area contributed by atoms with Gasteiger partial charge in [-0.3, -0.25) is 0 Å². The molecule has 0 aliphatic heterocycles. The van der Waals surface area contributed by atoms with Gasteiger partial charge in [0.15, 0.2) is 0 Å². The Morgan fingerprint density at radius 1 is 1.25 bits per heavy atom. The summed E-state index contributed by atoms with van der Waals surface area (Å²) < 4.78 is 0. The van der Waals surface area contributed by atoms with E-state index >= 15 is 0 Å². The Kier molecular flexibility index (Phi) is 2.65. The van der Waals surface area contributed by atoms with Crippen LogP contribution in [0.1, 0.15) is 10.4 Å². The Hall–Kier alpha value is -1.09. The molecule has 0 aliphatic rings. The summed E-state index contributed by atoms with van der Waals surface area (Å²) in [5.74, 6) is -0.859. The van der Waals surface area contributed by atoms with Crippen molar-refractivity contribution in [1.29, 1.82) is 0 Å². The summed E-state index contributed by atoms with van der Waals surface area (Å²) in [6.07, 6.45) is 0. The summed E-state index contributed by atoms with van der Waals surface area (Å²) in [5.41, 5.74) is 0.363. The van der Waals surface area contributed by atoms with E-state index in [9.17, 15) is 4.79 Å². The van der Waals surface area contributed by atoms with Crippen molar-refractivity contribution in [2.45, 2.75) is 13.1 Å². The van der Waals surface area contributed by atoms with Crippen molar-refractivity contribution in [3.8, 4) is 0 Å². The maximum atomic E-state index is 10.5. The zero-order chi connectivity index (χ0) is 9.14. The number of carboxylic acid groups (broad SMARTS) is 1. The SMILES string of the molecule is C[Si](C)c1ccc(C(=O)O)cc1. The van der Waals surface area contributed by atoms with Gasteiger partial charge >= 0.3 is 5.97 Å². The van der Waals surface area contributed by atoms with Gasteiger partial charge in [0.2, 0.25) is 0 Å². The molecule has 0 unspecified atom stereocenters. The van der Waals surface area contributed by atoms with Crippen molar-refractivity contribution in [2.24, 2.45) is 0 Å². The third-order valence-corrected chi connectivity index (χ3v) is 3.20. The number of aromatic carboxylic acids is 1. The summed E-state index contributed by atoms with van der Waals surface area (Å²) in [6.45, 7) is 4.36. The smallest absolute Gasteiger partial charge is 0.335 e. The Morgan fingerprint density at radius 3 is 2.08 bits per heavy atom. The van der Waals surface area contributed by atoms with Crippen LogP contribution in [-0.4, -0.2) is 19.9 Å². The third kappa shape index (κ3) is 1.95. The lowest BCUT2D eigenvalue weighted by atomic mass is 10.2. The van der Waals surface area contributed by atoms with Crippen molar-refractivity contribution in [3.05, 3.63) is 29.8 Å². The molecule has 1 rings (SSSR count). The molecular weight excluding hydrogens is 168 g/mol. The van der Waals surface area contributed by atoms with E-state index in [0.717, 1.165) is 0 Å². The number of carbonyl (C=O) groups is 1. The maximum Gasteiger partial charge on any atom is 0.335 e. The lowest BCUT2D eigenvalue weighted by Gasteiger charge is -2.02. The van der Waals surface area contributed by atoms with Crippen LogP contribution in [0.3, 0.4) is 0 Å². The predicted molar refractivity (Wildman–Crippen MR) is 50.5 cm³/mol. The highest BCUT2D eigenvalue weighted by molar-refractivity contribution is 6.70. The second kappa shape index (κ2) is 3.54. The summed E-state index contributed by atoms with van der Waals surface area (Å²) in [6, 6.07) is 7.13. The van der Waals surface area contributed by atoms with Gasteiger partial charge in [0.25, 0.3) is 0 Å². The number of benzene rings is 1. The summed E-state index contributed by atoms with van der Waals surface area (Å²) >= 11 is 0. The topological polar surface area (TPSA) is 37.3 Å². The number of rotatable bonds is 2. The second-order valence-electron chi connectivity index (χ2n) is 2.88.